The van der Waals surface area contributed by atoms with Crippen LogP contribution in [0.15, 0.2) is 78.9 Å². The Balaban J connectivity index is 1.33. The van der Waals surface area contributed by atoms with Gasteiger partial charge in [0.25, 0.3) is 0 Å². The van der Waals surface area contributed by atoms with E-state index in [1.54, 1.807) is 12.0 Å². The first-order valence-corrected chi connectivity index (χ1v) is 10.6. The molecule has 4 rings (SSSR count). The molecular formula is C26H26N2O4. The van der Waals surface area contributed by atoms with Crippen molar-refractivity contribution in [1.82, 2.24) is 5.32 Å². The Hall–Kier alpha value is -3.80. The monoisotopic (exact) mass is 430 g/mol. The Morgan fingerprint density at radius 2 is 1.69 bits per heavy atom. The van der Waals surface area contributed by atoms with Gasteiger partial charge in [0.15, 0.2) is 11.5 Å². The number of hydrogen-bond acceptors (Lipinski definition) is 4. The lowest BCUT2D eigenvalue weighted by atomic mass is 10.1. The minimum absolute atomic E-state index is 0.0297. The van der Waals surface area contributed by atoms with Gasteiger partial charge in [0.1, 0.15) is 6.61 Å². The second-order valence-corrected chi connectivity index (χ2v) is 7.72. The Kier molecular flexibility index (Phi) is 6.70. The SMILES string of the molecule is COc1cc(CNC(=O)C2CC(=O)N(c3ccccc3)C2)ccc1OCc1ccccc1. The molecule has 1 atom stereocenters. The predicted molar refractivity (Wildman–Crippen MR) is 123 cm³/mol. The first-order chi connectivity index (χ1) is 15.6. The fourth-order valence-corrected chi connectivity index (χ4v) is 3.75. The van der Waals surface area contributed by atoms with Gasteiger partial charge in [-0.25, -0.2) is 0 Å². The van der Waals surface area contributed by atoms with Gasteiger partial charge in [0, 0.05) is 25.2 Å². The summed E-state index contributed by atoms with van der Waals surface area (Å²) >= 11 is 0. The van der Waals surface area contributed by atoms with Crippen LogP contribution in [-0.4, -0.2) is 25.5 Å². The van der Waals surface area contributed by atoms with Crippen LogP contribution in [0, 0.1) is 5.92 Å². The smallest absolute Gasteiger partial charge is 0.227 e. The molecule has 0 bridgehead atoms. The number of ether oxygens (including phenoxy) is 2. The minimum Gasteiger partial charge on any atom is -0.493 e. The molecule has 6 nitrogen and oxygen atoms in total. The van der Waals surface area contributed by atoms with Crippen molar-refractivity contribution >= 4 is 17.5 Å². The highest BCUT2D eigenvalue weighted by atomic mass is 16.5. The lowest BCUT2D eigenvalue weighted by molar-refractivity contribution is -0.126. The van der Waals surface area contributed by atoms with E-state index in [1.807, 2.05) is 78.9 Å². The number of hydrogen-bond donors (Lipinski definition) is 1. The Morgan fingerprint density at radius 1 is 0.969 bits per heavy atom. The van der Waals surface area contributed by atoms with Gasteiger partial charge >= 0.3 is 0 Å². The second-order valence-electron chi connectivity index (χ2n) is 7.72. The Labute approximate surface area is 187 Å². The summed E-state index contributed by atoms with van der Waals surface area (Å²) in [6.07, 6.45) is 0.219. The summed E-state index contributed by atoms with van der Waals surface area (Å²) in [6, 6.07) is 25.0. The number of amides is 2. The third kappa shape index (κ3) is 5.09. The van der Waals surface area contributed by atoms with Crippen LogP contribution in [0.5, 0.6) is 11.5 Å². The van der Waals surface area contributed by atoms with E-state index in [1.165, 1.54) is 0 Å². The predicted octanol–water partition coefficient (Wildman–Crippen LogP) is 3.94. The van der Waals surface area contributed by atoms with Crippen LogP contribution < -0.4 is 19.7 Å². The van der Waals surface area contributed by atoms with E-state index in [0.717, 1.165) is 16.8 Å². The van der Waals surface area contributed by atoms with Crippen molar-refractivity contribution in [2.45, 2.75) is 19.6 Å². The fraction of sp³-hybridized carbons (Fsp3) is 0.231. The first-order valence-electron chi connectivity index (χ1n) is 10.6. The molecule has 0 aromatic heterocycles. The van der Waals surface area contributed by atoms with Crippen LogP contribution in [0.1, 0.15) is 17.5 Å². The molecule has 0 spiro atoms. The molecule has 1 heterocycles. The molecular weight excluding hydrogens is 404 g/mol. The summed E-state index contributed by atoms with van der Waals surface area (Å²) in [5.74, 6) is 0.737. The molecule has 1 unspecified atom stereocenters. The van der Waals surface area contributed by atoms with Gasteiger partial charge in [-0.05, 0) is 35.4 Å². The number of nitrogens with one attached hydrogen (secondary N) is 1. The van der Waals surface area contributed by atoms with Crippen molar-refractivity contribution in [3.8, 4) is 11.5 Å². The summed E-state index contributed by atoms with van der Waals surface area (Å²) < 4.78 is 11.4. The molecule has 1 fully saturated rings. The van der Waals surface area contributed by atoms with E-state index in [2.05, 4.69) is 5.32 Å². The molecule has 2 amide bonds. The maximum absolute atomic E-state index is 12.7. The molecule has 1 aliphatic rings. The molecule has 1 saturated heterocycles. The summed E-state index contributed by atoms with van der Waals surface area (Å²) in [5, 5.41) is 2.95. The Morgan fingerprint density at radius 3 is 2.41 bits per heavy atom. The van der Waals surface area contributed by atoms with E-state index < -0.39 is 0 Å². The third-order valence-electron chi connectivity index (χ3n) is 5.50. The lowest BCUT2D eigenvalue weighted by Gasteiger charge is -2.16. The third-order valence-corrected chi connectivity index (χ3v) is 5.50. The van der Waals surface area contributed by atoms with Gasteiger partial charge < -0.3 is 19.7 Å². The molecule has 32 heavy (non-hydrogen) atoms. The number of carbonyl (C=O) groups excluding carboxylic acids is 2. The van der Waals surface area contributed by atoms with Gasteiger partial charge in [-0.15, -0.1) is 0 Å². The topological polar surface area (TPSA) is 67.9 Å². The second kappa shape index (κ2) is 10.0. The average molecular weight is 431 g/mol. The number of methoxy groups -OCH3 is 1. The molecule has 0 radical (unpaired) electrons. The van der Waals surface area contributed by atoms with Gasteiger partial charge in [-0.1, -0.05) is 54.6 Å². The maximum Gasteiger partial charge on any atom is 0.227 e. The van der Waals surface area contributed by atoms with Crippen molar-refractivity contribution in [2.75, 3.05) is 18.6 Å². The molecule has 3 aromatic carbocycles. The van der Waals surface area contributed by atoms with Crippen molar-refractivity contribution in [2.24, 2.45) is 5.92 Å². The van der Waals surface area contributed by atoms with Crippen LogP contribution in [0.25, 0.3) is 0 Å². The zero-order chi connectivity index (χ0) is 22.3. The van der Waals surface area contributed by atoms with E-state index in [0.29, 0.717) is 31.2 Å². The van der Waals surface area contributed by atoms with Crippen molar-refractivity contribution in [1.29, 1.82) is 0 Å². The molecule has 1 N–H and O–H groups in total. The molecule has 0 aliphatic carbocycles. The summed E-state index contributed by atoms with van der Waals surface area (Å²) in [5.41, 5.74) is 2.79. The van der Waals surface area contributed by atoms with Crippen LogP contribution in [0.4, 0.5) is 5.69 Å². The van der Waals surface area contributed by atoms with Gasteiger partial charge in [0.2, 0.25) is 11.8 Å². The highest BCUT2D eigenvalue weighted by Gasteiger charge is 2.34. The van der Waals surface area contributed by atoms with Crippen LogP contribution in [0.2, 0.25) is 0 Å². The lowest BCUT2D eigenvalue weighted by Crippen LogP contribution is -2.32. The largest absolute Gasteiger partial charge is 0.493 e. The van der Waals surface area contributed by atoms with Crippen molar-refractivity contribution in [3.05, 3.63) is 90.0 Å². The first kappa shape index (κ1) is 21.4. The number of para-hydroxylation sites is 1. The van der Waals surface area contributed by atoms with Gasteiger partial charge in [0.05, 0.1) is 13.0 Å². The van der Waals surface area contributed by atoms with Crippen LogP contribution >= 0.6 is 0 Å². The number of carbonyl (C=O) groups is 2. The van der Waals surface area contributed by atoms with Crippen molar-refractivity contribution in [3.63, 3.8) is 0 Å². The van der Waals surface area contributed by atoms with Gasteiger partial charge in [-0.3, -0.25) is 9.59 Å². The maximum atomic E-state index is 12.7. The number of rotatable bonds is 8. The molecule has 6 heteroatoms. The van der Waals surface area contributed by atoms with E-state index in [9.17, 15) is 9.59 Å². The summed E-state index contributed by atoms with van der Waals surface area (Å²) in [7, 11) is 1.59. The minimum atomic E-state index is -0.363. The van der Waals surface area contributed by atoms with E-state index >= 15 is 0 Å². The number of nitrogens with zero attached hydrogens (tertiary/aromatic N) is 1. The zero-order valence-electron chi connectivity index (χ0n) is 18.0. The molecule has 164 valence electrons. The summed E-state index contributed by atoms with van der Waals surface area (Å²) in [6.45, 7) is 1.19. The van der Waals surface area contributed by atoms with Crippen molar-refractivity contribution < 1.29 is 19.1 Å². The fourth-order valence-electron chi connectivity index (χ4n) is 3.75. The molecule has 3 aromatic rings. The standard InChI is InChI=1S/C26H26N2O4/c1-31-24-14-20(12-13-23(24)32-18-19-8-4-2-5-9-19)16-27-26(30)21-15-25(29)28(17-21)22-10-6-3-7-11-22/h2-14,21H,15-18H2,1H3,(H,27,30). The quantitative estimate of drug-likeness (QED) is 0.588. The van der Waals surface area contributed by atoms with Crippen LogP contribution in [0.3, 0.4) is 0 Å². The number of anilines is 1. The zero-order valence-corrected chi connectivity index (χ0v) is 18.0. The highest BCUT2D eigenvalue weighted by Crippen LogP contribution is 2.29. The van der Waals surface area contributed by atoms with E-state index in [4.69, 9.17) is 9.47 Å². The number of benzene rings is 3. The molecule has 1 aliphatic heterocycles. The Bertz CT molecular complexity index is 1070. The molecule has 0 saturated carbocycles. The highest BCUT2D eigenvalue weighted by molar-refractivity contribution is 6.00. The van der Waals surface area contributed by atoms with Gasteiger partial charge in [-0.2, -0.15) is 0 Å². The van der Waals surface area contributed by atoms with E-state index in [-0.39, 0.29) is 24.2 Å². The summed E-state index contributed by atoms with van der Waals surface area (Å²) in [4.78, 5) is 26.7. The van der Waals surface area contributed by atoms with Crippen LogP contribution in [-0.2, 0) is 22.7 Å². The average Bonchev–Trinajstić information content (AvgIpc) is 3.24. The normalized spacial score (nSPS) is 15.5.